The smallest absolute Gasteiger partial charge is 0.391 e. The fourth-order valence-corrected chi connectivity index (χ4v) is 6.66. The molecule has 0 bridgehead atoms. The Hall–Kier alpha value is -0.760. The number of quaternary nitrogens is 1. The van der Waals surface area contributed by atoms with Crippen LogP contribution in [-0.2, 0) is 18.4 Å². The molecule has 3 atom stereocenters. The van der Waals surface area contributed by atoms with Gasteiger partial charge in [0.2, 0.25) is 5.91 Å². The van der Waals surface area contributed by atoms with E-state index in [4.69, 9.17) is 9.05 Å². The van der Waals surface area contributed by atoms with Gasteiger partial charge in [-0.15, -0.1) is 0 Å². The SMILES string of the molecule is CCCCCCC/C=C/CCCCCCCC(=O)N[C@@H](COP(=O)(O)OCC[N+](C)(C)C)[C@H](O)CCCCCCCCCCCCCCC. The molecular formula is C40H82N2O6P+. The summed E-state index contributed by atoms with van der Waals surface area (Å²) in [7, 11) is 1.61. The molecule has 0 rings (SSSR count). The molecule has 0 fully saturated rings. The quantitative estimate of drug-likeness (QED) is 0.0256. The molecule has 292 valence electrons. The van der Waals surface area contributed by atoms with E-state index in [9.17, 15) is 19.4 Å². The summed E-state index contributed by atoms with van der Waals surface area (Å²) in [5.41, 5.74) is 0. The number of likely N-dealkylation sites (N-methyl/N-ethyl adjacent to an activating group) is 1. The molecule has 1 unspecified atom stereocenters. The monoisotopic (exact) mass is 718 g/mol. The Kier molecular flexibility index (Phi) is 32.6. The van der Waals surface area contributed by atoms with Crippen LogP contribution >= 0.6 is 7.82 Å². The van der Waals surface area contributed by atoms with E-state index in [1.165, 1.54) is 109 Å². The average Bonchev–Trinajstić information content (AvgIpc) is 3.04. The number of hydrogen-bond donors (Lipinski definition) is 3. The van der Waals surface area contributed by atoms with E-state index in [1.807, 2.05) is 21.1 Å². The summed E-state index contributed by atoms with van der Waals surface area (Å²) < 4.78 is 23.5. The molecular weight excluding hydrogens is 635 g/mol. The number of unbranched alkanes of at least 4 members (excludes halogenated alkanes) is 22. The van der Waals surface area contributed by atoms with Crippen molar-refractivity contribution < 1.29 is 32.9 Å². The number of carbonyl (C=O) groups is 1. The second-order valence-electron chi connectivity index (χ2n) is 15.4. The van der Waals surface area contributed by atoms with Gasteiger partial charge >= 0.3 is 7.82 Å². The summed E-state index contributed by atoms with van der Waals surface area (Å²) >= 11 is 0. The van der Waals surface area contributed by atoms with Gasteiger partial charge < -0.3 is 19.8 Å². The molecule has 8 nitrogen and oxygen atoms in total. The Morgan fingerprint density at radius 3 is 1.57 bits per heavy atom. The number of aliphatic hydroxyl groups excluding tert-OH is 1. The molecule has 9 heteroatoms. The Morgan fingerprint density at radius 2 is 1.10 bits per heavy atom. The number of phosphoric acid groups is 1. The van der Waals surface area contributed by atoms with E-state index in [1.54, 1.807) is 0 Å². The van der Waals surface area contributed by atoms with Crippen LogP contribution in [0.4, 0.5) is 0 Å². The zero-order valence-corrected chi connectivity index (χ0v) is 33.8. The summed E-state index contributed by atoms with van der Waals surface area (Å²) in [6.07, 6.45) is 35.1. The van der Waals surface area contributed by atoms with E-state index >= 15 is 0 Å². The van der Waals surface area contributed by atoms with Crippen LogP contribution in [-0.4, -0.2) is 73.4 Å². The molecule has 0 heterocycles. The molecule has 0 saturated carbocycles. The lowest BCUT2D eigenvalue weighted by atomic mass is 10.0. The van der Waals surface area contributed by atoms with Gasteiger partial charge in [0.25, 0.3) is 0 Å². The number of nitrogens with zero attached hydrogens (tertiary/aromatic N) is 1. The van der Waals surface area contributed by atoms with Crippen LogP contribution in [0.15, 0.2) is 12.2 Å². The maximum atomic E-state index is 12.8. The highest BCUT2D eigenvalue weighted by atomic mass is 31.2. The van der Waals surface area contributed by atoms with Gasteiger partial charge in [0.05, 0.1) is 39.9 Å². The maximum Gasteiger partial charge on any atom is 0.472 e. The molecule has 0 saturated heterocycles. The van der Waals surface area contributed by atoms with Crippen LogP contribution in [0.1, 0.15) is 187 Å². The highest BCUT2D eigenvalue weighted by Crippen LogP contribution is 2.43. The molecule has 0 aromatic heterocycles. The zero-order valence-electron chi connectivity index (χ0n) is 32.9. The van der Waals surface area contributed by atoms with Crippen molar-refractivity contribution in [1.82, 2.24) is 5.32 Å². The largest absolute Gasteiger partial charge is 0.472 e. The number of nitrogens with one attached hydrogen (secondary N) is 1. The molecule has 0 aliphatic rings. The molecule has 0 aliphatic carbocycles. The van der Waals surface area contributed by atoms with Crippen molar-refractivity contribution in [2.75, 3.05) is 40.9 Å². The third-order valence-electron chi connectivity index (χ3n) is 9.26. The summed E-state index contributed by atoms with van der Waals surface area (Å²) in [4.78, 5) is 23.0. The number of amides is 1. The lowest BCUT2D eigenvalue weighted by molar-refractivity contribution is -0.870. The normalized spacial score (nSPS) is 14.7. The Morgan fingerprint density at radius 1 is 0.673 bits per heavy atom. The summed E-state index contributed by atoms with van der Waals surface area (Å²) in [6.45, 7) is 4.86. The van der Waals surface area contributed by atoms with Gasteiger partial charge in [-0.25, -0.2) is 4.57 Å². The molecule has 0 radical (unpaired) electrons. The number of aliphatic hydroxyl groups is 1. The molecule has 3 N–H and O–H groups in total. The van der Waals surface area contributed by atoms with Crippen LogP contribution in [0.25, 0.3) is 0 Å². The van der Waals surface area contributed by atoms with Gasteiger partial charge in [0.1, 0.15) is 13.2 Å². The number of hydrogen-bond acceptors (Lipinski definition) is 5. The van der Waals surface area contributed by atoms with Crippen LogP contribution < -0.4 is 5.32 Å². The minimum absolute atomic E-state index is 0.0746. The third-order valence-corrected chi connectivity index (χ3v) is 10.2. The zero-order chi connectivity index (χ0) is 36.5. The van der Waals surface area contributed by atoms with E-state index in [0.717, 1.165) is 51.4 Å². The number of carbonyl (C=O) groups excluding carboxylic acids is 1. The molecule has 0 spiro atoms. The van der Waals surface area contributed by atoms with Crippen molar-refractivity contribution in [2.45, 2.75) is 199 Å². The van der Waals surface area contributed by atoms with E-state index in [2.05, 4.69) is 31.3 Å². The van der Waals surface area contributed by atoms with E-state index < -0.39 is 20.0 Å². The number of allylic oxidation sites excluding steroid dienone is 2. The standard InChI is InChI=1S/C40H81N2O6P/c1-6-8-10-12-14-16-18-20-22-24-26-28-30-32-34-40(44)41-38(37-48-49(45,46)47-36-35-42(3,4)5)39(43)33-31-29-27-25-23-21-19-17-15-13-11-9-7-2/h18,20,38-39,43H,6-17,19,21-37H2,1-5H3,(H-,41,44,45,46)/p+1/b20-18+/t38-,39+/m0/s1. The van der Waals surface area contributed by atoms with Gasteiger partial charge in [0.15, 0.2) is 0 Å². The topological polar surface area (TPSA) is 105 Å². The van der Waals surface area contributed by atoms with Gasteiger partial charge in [-0.1, -0.05) is 154 Å². The van der Waals surface area contributed by atoms with Gasteiger partial charge in [0, 0.05) is 6.42 Å². The first-order valence-electron chi connectivity index (χ1n) is 20.6. The fraction of sp³-hybridized carbons (Fsp3) is 0.925. The van der Waals surface area contributed by atoms with Crippen LogP contribution in [0.3, 0.4) is 0 Å². The predicted molar refractivity (Wildman–Crippen MR) is 208 cm³/mol. The first kappa shape index (κ1) is 48.2. The first-order valence-corrected chi connectivity index (χ1v) is 22.0. The lowest BCUT2D eigenvalue weighted by Gasteiger charge is -2.26. The van der Waals surface area contributed by atoms with Crippen LogP contribution in [0.5, 0.6) is 0 Å². The summed E-state index contributed by atoms with van der Waals surface area (Å²) in [6, 6.07) is -0.759. The Labute approximate surface area is 303 Å². The van der Waals surface area contributed by atoms with Crippen molar-refractivity contribution in [1.29, 1.82) is 0 Å². The van der Waals surface area contributed by atoms with Gasteiger partial charge in [-0.2, -0.15) is 0 Å². The van der Waals surface area contributed by atoms with Crippen molar-refractivity contribution >= 4 is 13.7 Å². The fourth-order valence-electron chi connectivity index (χ4n) is 5.92. The molecule has 1 amide bonds. The van der Waals surface area contributed by atoms with E-state index in [0.29, 0.717) is 23.9 Å². The predicted octanol–water partition coefficient (Wildman–Crippen LogP) is 10.8. The Balaban J connectivity index is 4.44. The average molecular weight is 718 g/mol. The van der Waals surface area contributed by atoms with E-state index in [-0.39, 0.29) is 19.1 Å². The molecule has 49 heavy (non-hydrogen) atoms. The summed E-state index contributed by atoms with van der Waals surface area (Å²) in [5.74, 6) is -0.154. The van der Waals surface area contributed by atoms with Gasteiger partial charge in [-0.3, -0.25) is 13.8 Å². The van der Waals surface area contributed by atoms with Crippen molar-refractivity contribution in [2.24, 2.45) is 0 Å². The molecule has 0 aromatic carbocycles. The number of rotatable bonds is 37. The van der Waals surface area contributed by atoms with Crippen molar-refractivity contribution in [3.8, 4) is 0 Å². The minimum Gasteiger partial charge on any atom is -0.391 e. The van der Waals surface area contributed by atoms with Crippen molar-refractivity contribution in [3.63, 3.8) is 0 Å². The Bertz CT molecular complexity index is 819. The maximum absolute atomic E-state index is 12.8. The van der Waals surface area contributed by atoms with Crippen LogP contribution in [0, 0.1) is 0 Å². The highest BCUT2D eigenvalue weighted by Gasteiger charge is 2.28. The molecule has 0 aliphatic heterocycles. The highest BCUT2D eigenvalue weighted by molar-refractivity contribution is 7.47. The lowest BCUT2D eigenvalue weighted by Crippen LogP contribution is -2.46. The first-order chi connectivity index (χ1) is 23.5. The summed E-state index contributed by atoms with van der Waals surface area (Å²) in [5, 5.41) is 13.9. The minimum atomic E-state index is -4.31. The van der Waals surface area contributed by atoms with Crippen LogP contribution in [0.2, 0.25) is 0 Å². The number of phosphoric ester groups is 1. The third kappa shape index (κ3) is 35.4. The second kappa shape index (κ2) is 33.1. The second-order valence-corrected chi connectivity index (χ2v) is 16.8. The van der Waals surface area contributed by atoms with Crippen molar-refractivity contribution in [3.05, 3.63) is 12.2 Å². The molecule has 0 aromatic rings. The van der Waals surface area contributed by atoms with Gasteiger partial charge in [-0.05, 0) is 38.5 Å².